The van der Waals surface area contributed by atoms with Crippen molar-refractivity contribution >= 4 is 23.6 Å². The molecular weight excluding hydrogens is 358 g/mol. The van der Waals surface area contributed by atoms with E-state index < -0.39 is 10.7 Å². The van der Waals surface area contributed by atoms with Crippen molar-refractivity contribution in [1.29, 1.82) is 0 Å². The first-order valence-corrected chi connectivity index (χ1v) is 11.0. The van der Waals surface area contributed by atoms with Crippen molar-refractivity contribution in [2.24, 2.45) is 5.92 Å². The van der Waals surface area contributed by atoms with Gasteiger partial charge in [-0.1, -0.05) is 44.2 Å². The maximum absolute atomic E-state index is 12.0. The first-order valence-electron chi connectivity index (χ1n) is 10.1. The number of carbonyl (C=O) groups is 2. The number of nitrogens with one attached hydrogen (secondary N) is 1. The molecule has 1 aliphatic carbocycles. The summed E-state index contributed by atoms with van der Waals surface area (Å²) in [7, 11) is 0. The number of rotatable bonds is 10. The van der Waals surface area contributed by atoms with E-state index in [9.17, 15) is 14.7 Å². The lowest BCUT2D eigenvalue weighted by atomic mass is 9.86. The molecule has 0 bridgehead atoms. The Morgan fingerprint density at radius 3 is 2.44 bits per heavy atom. The van der Waals surface area contributed by atoms with Gasteiger partial charge < -0.3 is 10.4 Å². The molecule has 0 aliphatic heterocycles. The van der Waals surface area contributed by atoms with Crippen LogP contribution in [0, 0.1) is 5.92 Å². The van der Waals surface area contributed by atoms with Gasteiger partial charge in [-0.3, -0.25) is 9.59 Å². The molecule has 0 saturated heterocycles. The summed E-state index contributed by atoms with van der Waals surface area (Å²) in [5, 5.41) is 12.2. The van der Waals surface area contributed by atoms with Crippen LogP contribution in [0.25, 0.3) is 0 Å². The molecule has 0 unspecified atom stereocenters. The highest BCUT2D eigenvalue weighted by atomic mass is 32.2. The van der Waals surface area contributed by atoms with Crippen LogP contribution in [0.15, 0.2) is 29.2 Å². The van der Waals surface area contributed by atoms with E-state index in [1.807, 2.05) is 24.3 Å². The molecule has 0 aromatic heterocycles. The van der Waals surface area contributed by atoms with Crippen LogP contribution in [0.2, 0.25) is 0 Å². The quantitative estimate of drug-likeness (QED) is 0.548. The number of amides is 1. The van der Waals surface area contributed by atoms with Crippen molar-refractivity contribution < 1.29 is 14.7 Å². The first kappa shape index (κ1) is 21.8. The molecule has 2 N–H and O–H groups in total. The maximum atomic E-state index is 12.0. The summed E-state index contributed by atoms with van der Waals surface area (Å²) in [5.41, 5.74) is 1.15. The van der Waals surface area contributed by atoms with Gasteiger partial charge >= 0.3 is 5.97 Å². The van der Waals surface area contributed by atoms with Gasteiger partial charge in [0.2, 0.25) is 5.91 Å². The van der Waals surface area contributed by atoms with Crippen LogP contribution in [0.4, 0.5) is 0 Å². The second kappa shape index (κ2) is 10.7. The predicted octanol–water partition coefficient (Wildman–Crippen LogP) is 5.05. The molecule has 1 aliphatic rings. The molecule has 1 amide bonds. The molecule has 0 spiro atoms. The zero-order valence-electron chi connectivity index (χ0n) is 16.6. The van der Waals surface area contributed by atoms with Crippen LogP contribution in [-0.4, -0.2) is 28.3 Å². The molecule has 1 aromatic carbocycles. The molecule has 0 radical (unpaired) electrons. The molecule has 5 heteroatoms. The largest absolute Gasteiger partial charge is 0.480 e. The fraction of sp³-hybridized carbons (Fsp3) is 0.636. The molecule has 2 rings (SSSR count). The normalized spacial score (nSPS) is 15.5. The number of thioether (sulfide) groups is 1. The molecule has 0 heterocycles. The van der Waals surface area contributed by atoms with Crippen LogP contribution >= 0.6 is 11.8 Å². The summed E-state index contributed by atoms with van der Waals surface area (Å²) in [6.07, 6.45) is 10.4. The third-order valence-electron chi connectivity index (χ3n) is 5.29. The van der Waals surface area contributed by atoms with Crippen LogP contribution in [-0.2, 0) is 16.0 Å². The van der Waals surface area contributed by atoms with Gasteiger partial charge in [-0.25, -0.2) is 0 Å². The number of benzene rings is 1. The highest BCUT2D eigenvalue weighted by Gasteiger charge is 2.28. The number of hydrogen-bond acceptors (Lipinski definition) is 3. The zero-order chi connectivity index (χ0) is 19.7. The molecule has 1 aromatic rings. The smallest absolute Gasteiger partial charge is 0.319 e. The average Bonchev–Trinajstić information content (AvgIpc) is 2.64. The molecule has 150 valence electrons. The second-order valence-electron chi connectivity index (χ2n) is 8.06. The standard InChI is InChI=1S/C22H33NO3S/c1-22(2,21(25)26)27-19-13-11-18(12-14-19)15-16-23-20(24)10-6-9-17-7-4-3-5-8-17/h11-14,17H,3-10,15-16H2,1-2H3,(H,23,24)(H,25,26). The fourth-order valence-electron chi connectivity index (χ4n) is 3.52. The highest BCUT2D eigenvalue weighted by molar-refractivity contribution is 8.01. The van der Waals surface area contributed by atoms with Gasteiger partial charge in [0.25, 0.3) is 0 Å². The van der Waals surface area contributed by atoms with Crippen molar-refractivity contribution in [2.45, 2.75) is 81.3 Å². The van der Waals surface area contributed by atoms with E-state index in [2.05, 4.69) is 5.32 Å². The Hall–Kier alpha value is -1.49. The Bertz CT molecular complexity index is 606. The predicted molar refractivity (Wildman–Crippen MR) is 111 cm³/mol. The molecule has 1 fully saturated rings. The monoisotopic (exact) mass is 391 g/mol. The molecule has 0 atom stereocenters. The zero-order valence-corrected chi connectivity index (χ0v) is 17.4. The van der Waals surface area contributed by atoms with Gasteiger partial charge in [0.15, 0.2) is 0 Å². The minimum atomic E-state index is -0.840. The average molecular weight is 392 g/mol. The highest BCUT2D eigenvalue weighted by Crippen LogP contribution is 2.32. The summed E-state index contributed by atoms with van der Waals surface area (Å²) >= 11 is 1.34. The molecule has 27 heavy (non-hydrogen) atoms. The van der Waals surface area contributed by atoms with Gasteiger partial charge in [-0.2, -0.15) is 0 Å². The summed E-state index contributed by atoms with van der Waals surface area (Å²) in [4.78, 5) is 24.1. The number of carboxylic acids is 1. The minimum Gasteiger partial charge on any atom is -0.480 e. The second-order valence-corrected chi connectivity index (χ2v) is 9.75. The number of hydrogen-bond donors (Lipinski definition) is 2. The van der Waals surface area contributed by atoms with E-state index in [-0.39, 0.29) is 5.91 Å². The van der Waals surface area contributed by atoms with Crippen LogP contribution < -0.4 is 5.32 Å². The van der Waals surface area contributed by atoms with Gasteiger partial charge in [0.05, 0.1) is 0 Å². The van der Waals surface area contributed by atoms with E-state index in [1.165, 1.54) is 50.3 Å². The van der Waals surface area contributed by atoms with Gasteiger partial charge in [0, 0.05) is 17.9 Å². The Labute approximate surface area is 167 Å². The molecule has 1 saturated carbocycles. The Morgan fingerprint density at radius 2 is 1.81 bits per heavy atom. The fourth-order valence-corrected chi connectivity index (χ4v) is 4.47. The minimum absolute atomic E-state index is 0.154. The lowest BCUT2D eigenvalue weighted by Crippen LogP contribution is -2.26. The van der Waals surface area contributed by atoms with E-state index in [4.69, 9.17) is 0 Å². The first-order chi connectivity index (χ1) is 12.9. The van der Waals surface area contributed by atoms with Gasteiger partial charge in [-0.05, 0) is 56.7 Å². The van der Waals surface area contributed by atoms with Crippen LogP contribution in [0.5, 0.6) is 0 Å². The Morgan fingerprint density at radius 1 is 1.15 bits per heavy atom. The van der Waals surface area contributed by atoms with E-state index in [0.717, 1.165) is 29.2 Å². The number of carbonyl (C=O) groups excluding carboxylic acids is 1. The third-order valence-corrected chi connectivity index (χ3v) is 6.48. The van der Waals surface area contributed by atoms with Crippen LogP contribution in [0.1, 0.15) is 70.8 Å². The lowest BCUT2D eigenvalue weighted by molar-refractivity contribution is -0.138. The van der Waals surface area contributed by atoms with E-state index >= 15 is 0 Å². The summed E-state index contributed by atoms with van der Waals surface area (Å²) < 4.78 is -0.840. The molecule has 4 nitrogen and oxygen atoms in total. The topological polar surface area (TPSA) is 66.4 Å². The van der Waals surface area contributed by atoms with Crippen molar-refractivity contribution in [2.75, 3.05) is 6.54 Å². The van der Waals surface area contributed by atoms with Crippen molar-refractivity contribution in [3.8, 4) is 0 Å². The SMILES string of the molecule is CC(C)(Sc1ccc(CCNC(=O)CCCC2CCCCC2)cc1)C(=O)O. The van der Waals surface area contributed by atoms with Crippen LogP contribution in [0.3, 0.4) is 0 Å². The summed E-state index contributed by atoms with van der Waals surface area (Å²) in [5.74, 6) is 0.179. The summed E-state index contributed by atoms with van der Waals surface area (Å²) in [6, 6.07) is 7.93. The Kier molecular flexibility index (Phi) is 8.68. The number of carboxylic acid groups (broad SMARTS) is 1. The number of aliphatic carboxylic acids is 1. The summed E-state index contributed by atoms with van der Waals surface area (Å²) in [6.45, 7) is 4.06. The third kappa shape index (κ3) is 7.96. The lowest BCUT2D eigenvalue weighted by Gasteiger charge is -2.21. The van der Waals surface area contributed by atoms with Crippen molar-refractivity contribution in [1.82, 2.24) is 5.32 Å². The maximum Gasteiger partial charge on any atom is 0.319 e. The van der Waals surface area contributed by atoms with E-state index in [0.29, 0.717) is 13.0 Å². The van der Waals surface area contributed by atoms with Crippen molar-refractivity contribution in [3.05, 3.63) is 29.8 Å². The van der Waals surface area contributed by atoms with Crippen molar-refractivity contribution in [3.63, 3.8) is 0 Å². The van der Waals surface area contributed by atoms with Gasteiger partial charge in [0.1, 0.15) is 4.75 Å². The Balaban J connectivity index is 1.63. The molecular formula is C22H33NO3S. The van der Waals surface area contributed by atoms with E-state index in [1.54, 1.807) is 13.8 Å². The van der Waals surface area contributed by atoms with Gasteiger partial charge in [-0.15, -0.1) is 11.8 Å².